The Morgan fingerprint density at radius 2 is 1.67 bits per heavy atom. The molecule has 0 aromatic heterocycles. The number of hydrogen-bond donors (Lipinski definition) is 3. The molecule has 6 atom stereocenters. The molecule has 1 saturated heterocycles. The quantitative estimate of drug-likeness (QED) is 0.408. The summed E-state index contributed by atoms with van der Waals surface area (Å²) in [4.78, 5) is 44.7. The second-order valence-corrected chi connectivity index (χ2v) is 10.4. The van der Waals surface area contributed by atoms with Crippen LogP contribution in [0.3, 0.4) is 0 Å². The Kier molecular flexibility index (Phi) is 9.07. The number of aliphatic hydroxyl groups is 1. The zero-order valence-electron chi connectivity index (χ0n) is 23.2. The van der Waals surface area contributed by atoms with Gasteiger partial charge in [0, 0.05) is 37.4 Å². The molecule has 3 N–H and O–H groups in total. The Labute approximate surface area is 231 Å². The Morgan fingerprint density at radius 3 is 2.26 bits per heavy atom. The monoisotopic (exact) mass is 532 g/mol. The molecule has 208 valence electrons. The van der Waals surface area contributed by atoms with Crippen LogP contribution in [0.25, 0.3) is 0 Å². The number of allylic oxidation sites excluding steroid dienone is 1. The Balaban J connectivity index is 1.68. The van der Waals surface area contributed by atoms with E-state index >= 15 is 0 Å². The van der Waals surface area contributed by atoms with Crippen molar-refractivity contribution in [3.63, 3.8) is 0 Å². The maximum absolute atomic E-state index is 14.1. The molecule has 0 spiro atoms. The first-order valence-electron chi connectivity index (χ1n) is 13.9. The van der Waals surface area contributed by atoms with E-state index in [9.17, 15) is 19.5 Å². The van der Waals surface area contributed by atoms with Gasteiger partial charge in [-0.05, 0) is 56.0 Å². The highest BCUT2D eigenvalue weighted by atomic mass is 16.3. The van der Waals surface area contributed by atoms with E-state index in [0.29, 0.717) is 12.1 Å². The minimum absolute atomic E-state index is 0.159. The summed E-state index contributed by atoms with van der Waals surface area (Å²) in [6.07, 6.45) is 4.24. The number of benzene rings is 2. The van der Waals surface area contributed by atoms with Gasteiger partial charge in [-0.2, -0.15) is 0 Å². The summed E-state index contributed by atoms with van der Waals surface area (Å²) >= 11 is 0. The molecule has 1 fully saturated rings. The number of rotatable bonds is 10. The highest BCUT2D eigenvalue weighted by Crippen LogP contribution is 2.45. The molecule has 1 aliphatic carbocycles. The number of carbonyl (C=O) groups excluding carboxylic acids is 3. The molecule has 2 aromatic rings. The normalized spacial score (nSPS) is 24.7. The highest BCUT2D eigenvalue weighted by Gasteiger charge is 2.58. The van der Waals surface area contributed by atoms with Crippen LogP contribution in [-0.4, -0.2) is 66.6 Å². The van der Waals surface area contributed by atoms with E-state index in [4.69, 9.17) is 0 Å². The third-order valence-electron chi connectivity index (χ3n) is 8.21. The van der Waals surface area contributed by atoms with Gasteiger partial charge in [-0.1, -0.05) is 49.4 Å². The third kappa shape index (κ3) is 5.71. The van der Waals surface area contributed by atoms with Gasteiger partial charge in [0.05, 0.1) is 24.5 Å². The van der Waals surface area contributed by atoms with Crippen molar-refractivity contribution < 1.29 is 19.5 Å². The molecule has 39 heavy (non-hydrogen) atoms. The van der Waals surface area contributed by atoms with Gasteiger partial charge in [-0.15, -0.1) is 0 Å². The summed E-state index contributed by atoms with van der Waals surface area (Å²) in [6.45, 7) is 7.57. The number of hydrogen-bond acceptors (Lipinski definition) is 5. The first-order chi connectivity index (χ1) is 18.8. The lowest BCUT2D eigenvalue weighted by atomic mass is 9.70. The molecule has 0 bridgehead atoms. The second kappa shape index (κ2) is 12.5. The number of carbonyl (C=O) groups is 3. The lowest BCUT2D eigenvalue weighted by Gasteiger charge is -2.33. The van der Waals surface area contributed by atoms with Crippen LogP contribution in [0, 0.1) is 23.7 Å². The lowest BCUT2D eigenvalue weighted by molar-refractivity contribution is -0.142. The SMILES string of the molecule is CCN(CC)c1ccc(NC(=O)[C@@H]2[C@H]3C=C[C@@H](C)[C@@H](C(=O)NC)[C@H]3C(=O)N2[C@@H](CO)Cc2ccccc2)cc1. The van der Waals surface area contributed by atoms with E-state index in [1.165, 1.54) is 0 Å². The van der Waals surface area contributed by atoms with Crippen molar-refractivity contribution >= 4 is 29.1 Å². The number of likely N-dealkylation sites (tertiary alicyclic amines) is 1. The van der Waals surface area contributed by atoms with Crippen LogP contribution in [0.4, 0.5) is 11.4 Å². The number of nitrogens with one attached hydrogen (secondary N) is 2. The second-order valence-electron chi connectivity index (χ2n) is 10.4. The summed E-state index contributed by atoms with van der Waals surface area (Å²) in [5.41, 5.74) is 2.65. The van der Waals surface area contributed by atoms with Crippen LogP contribution in [-0.2, 0) is 20.8 Å². The van der Waals surface area contributed by atoms with Crippen molar-refractivity contribution in [3.8, 4) is 0 Å². The Hall–Kier alpha value is -3.65. The van der Waals surface area contributed by atoms with E-state index in [1.54, 1.807) is 11.9 Å². The summed E-state index contributed by atoms with van der Waals surface area (Å²) in [6, 6.07) is 15.8. The molecule has 8 heteroatoms. The number of nitrogens with zero attached hydrogens (tertiary/aromatic N) is 2. The summed E-state index contributed by atoms with van der Waals surface area (Å²) in [7, 11) is 1.57. The molecule has 0 radical (unpaired) electrons. The predicted octanol–water partition coefficient (Wildman–Crippen LogP) is 3.09. The molecule has 1 heterocycles. The molecule has 4 rings (SSSR count). The van der Waals surface area contributed by atoms with Gasteiger partial charge < -0.3 is 25.5 Å². The van der Waals surface area contributed by atoms with E-state index < -0.39 is 29.8 Å². The Bertz CT molecular complexity index is 1180. The first-order valence-corrected chi connectivity index (χ1v) is 13.9. The minimum Gasteiger partial charge on any atom is -0.394 e. The number of fused-ring (bicyclic) bond motifs is 1. The van der Waals surface area contributed by atoms with Crippen LogP contribution >= 0.6 is 0 Å². The molecular weight excluding hydrogens is 492 g/mol. The van der Waals surface area contributed by atoms with E-state index in [-0.39, 0.29) is 30.2 Å². The van der Waals surface area contributed by atoms with Crippen LogP contribution in [0.2, 0.25) is 0 Å². The van der Waals surface area contributed by atoms with Gasteiger partial charge in [-0.25, -0.2) is 0 Å². The zero-order valence-corrected chi connectivity index (χ0v) is 23.2. The fourth-order valence-electron chi connectivity index (χ4n) is 6.20. The van der Waals surface area contributed by atoms with Crippen LogP contribution in [0.1, 0.15) is 26.3 Å². The van der Waals surface area contributed by atoms with Gasteiger partial charge in [0.2, 0.25) is 17.7 Å². The number of anilines is 2. The molecule has 8 nitrogen and oxygen atoms in total. The molecule has 3 amide bonds. The Morgan fingerprint density at radius 1 is 1.00 bits per heavy atom. The third-order valence-corrected chi connectivity index (χ3v) is 8.21. The van der Waals surface area contributed by atoms with Gasteiger partial charge >= 0.3 is 0 Å². The zero-order chi connectivity index (χ0) is 28.1. The van der Waals surface area contributed by atoms with Crippen LogP contribution in [0.5, 0.6) is 0 Å². The molecule has 0 unspecified atom stereocenters. The van der Waals surface area contributed by atoms with E-state index in [2.05, 4.69) is 29.4 Å². The van der Waals surface area contributed by atoms with Crippen molar-refractivity contribution in [2.24, 2.45) is 23.7 Å². The van der Waals surface area contributed by atoms with Crippen LogP contribution < -0.4 is 15.5 Å². The first kappa shape index (κ1) is 28.4. The number of aliphatic hydroxyl groups excluding tert-OH is 1. The fraction of sp³-hybridized carbons (Fsp3) is 0.452. The minimum atomic E-state index is -0.860. The molecule has 1 aliphatic heterocycles. The van der Waals surface area contributed by atoms with Gasteiger partial charge in [0.15, 0.2) is 0 Å². The average Bonchev–Trinajstić information content (AvgIpc) is 3.25. The fourth-order valence-corrected chi connectivity index (χ4v) is 6.20. The molecule has 2 aliphatic rings. The largest absolute Gasteiger partial charge is 0.394 e. The molecule has 0 saturated carbocycles. The smallest absolute Gasteiger partial charge is 0.247 e. The van der Waals surface area contributed by atoms with Gasteiger partial charge in [0.25, 0.3) is 0 Å². The van der Waals surface area contributed by atoms with Crippen molar-refractivity contribution in [2.45, 2.75) is 39.3 Å². The summed E-state index contributed by atoms with van der Waals surface area (Å²) < 4.78 is 0. The van der Waals surface area contributed by atoms with Crippen LogP contribution in [0.15, 0.2) is 66.7 Å². The maximum atomic E-state index is 14.1. The number of amides is 3. The topological polar surface area (TPSA) is 102 Å². The standard InChI is InChI=1S/C31H40N4O4/c1-5-34(6-2)23-15-13-22(14-16-23)33-30(38)28-25-17-12-20(3)26(29(37)32-4)27(25)31(39)35(28)24(19-36)18-21-10-8-7-9-11-21/h7-17,20,24-28,36H,5-6,18-19H2,1-4H3,(H,32,37)(H,33,38)/t20-,24-,25+,26-,27+,28+/m1/s1. The predicted molar refractivity (Wildman–Crippen MR) is 153 cm³/mol. The van der Waals surface area contributed by atoms with E-state index in [0.717, 1.165) is 24.3 Å². The van der Waals surface area contributed by atoms with Gasteiger partial charge in [-0.3, -0.25) is 14.4 Å². The van der Waals surface area contributed by atoms with Gasteiger partial charge in [0.1, 0.15) is 6.04 Å². The average molecular weight is 533 g/mol. The summed E-state index contributed by atoms with van der Waals surface area (Å²) in [5.74, 6) is -2.74. The van der Waals surface area contributed by atoms with Crippen molar-refractivity contribution in [3.05, 3.63) is 72.3 Å². The molecular formula is C31H40N4O4. The van der Waals surface area contributed by atoms with Crippen molar-refractivity contribution in [2.75, 3.05) is 37.0 Å². The van der Waals surface area contributed by atoms with Crippen molar-refractivity contribution in [1.29, 1.82) is 0 Å². The maximum Gasteiger partial charge on any atom is 0.247 e. The highest BCUT2D eigenvalue weighted by molar-refractivity contribution is 6.02. The summed E-state index contributed by atoms with van der Waals surface area (Å²) in [5, 5.41) is 16.2. The van der Waals surface area contributed by atoms with E-state index in [1.807, 2.05) is 73.7 Å². The van der Waals surface area contributed by atoms with Crippen molar-refractivity contribution in [1.82, 2.24) is 10.2 Å². The molecule has 2 aromatic carbocycles. The lowest BCUT2D eigenvalue weighted by Crippen LogP contribution is -2.51.